The van der Waals surface area contributed by atoms with Crippen LogP contribution in [-0.4, -0.2) is 14.4 Å². The van der Waals surface area contributed by atoms with E-state index in [9.17, 15) is 0 Å². The molecule has 0 radical (unpaired) electrons. The maximum atomic E-state index is 4.32. The number of fused-ring (bicyclic) bond motifs is 1. The van der Waals surface area contributed by atoms with Crippen LogP contribution in [0.2, 0.25) is 0 Å². The van der Waals surface area contributed by atoms with Crippen molar-refractivity contribution in [3.63, 3.8) is 0 Å². The van der Waals surface area contributed by atoms with Gasteiger partial charge in [0, 0.05) is 18.6 Å². The molecule has 0 bridgehead atoms. The lowest BCUT2D eigenvalue weighted by Crippen LogP contribution is -2.12. The fourth-order valence-electron chi connectivity index (χ4n) is 1.39. The smallest absolute Gasteiger partial charge is 0.233 e. The first-order valence-corrected chi connectivity index (χ1v) is 4.79. The first-order chi connectivity index (χ1) is 6.47. The predicted octanol–water partition coefficient (Wildman–Crippen LogP) is 2.34. The Morgan fingerprint density at radius 1 is 1.21 bits per heavy atom. The normalized spacial score (nSPS) is 12.3. The summed E-state index contributed by atoms with van der Waals surface area (Å²) < 4.78 is 1.98. The quantitative estimate of drug-likeness (QED) is 0.636. The van der Waals surface area contributed by atoms with E-state index in [1.807, 2.05) is 23.7 Å². The molecule has 0 aromatic carbocycles. The van der Waals surface area contributed by atoms with Crippen LogP contribution in [0.5, 0.6) is 0 Å². The van der Waals surface area contributed by atoms with Crippen LogP contribution in [0.1, 0.15) is 32.0 Å². The average molecular weight is 189 g/mol. The number of nitrogens with zero attached hydrogens (tertiary/aromatic N) is 3. The van der Waals surface area contributed by atoms with Crippen molar-refractivity contribution in [3.8, 4) is 0 Å². The molecule has 0 aliphatic heterocycles. The molecule has 0 fully saturated rings. The van der Waals surface area contributed by atoms with Gasteiger partial charge in [-0.3, -0.25) is 4.40 Å². The van der Waals surface area contributed by atoms with Gasteiger partial charge in [-0.05, 0) is 17.9 Å². The number of aromatic nitrogens is 3. The Hall–Kier alpha value is -1.38. The standard InChI is InChI=1S/C11H15N3/c1-8-6-14-7-9(11(2,3)4)5-12-10(14)13-8/h5-7H,1-4H3. The second-order valence-corrected chi connectivity index (χ2v) is 4.68. The van der Waals surface area contributed by atoms with Crippen molar-refractivity contribution in [2.24, 2.45) is 0 Å². The van der Waals surface area contributed by atoms with Gasteiger partial charge < -0.3 is 0 Å². The number of imidazole rings is 1. The van der Waals surface area contributed by atoms with Crippen molar-refractivity contribution in [3.05, 3.63) is 29.8 Å². The summed E-state index contributed by atoms with van der Waals surface area (Å²) in [5.41, 5.74) is 2.37. The first kappa shape index (κ1) is 9.19. The fraction of sp³-hybridized carbons (Fsp3) is 0.455. The molecular weight excluding hydrogens is 174 g/mol. The fourth-order valence-corrected chi connectivity index (χ4v) is 1.39. The largest absolute Gasteiger partial charge is 0.291 e. The second kappa shape index (κ2) is 2.80. The molecule has 0 amide bonds. The maximum Gasteiger partial charge on any atom is 0.233 e. The number of rotatable bonds is 0. The molecule has 2 heterocycles. The van der Waals surface area contributed by atoms with Crippen LogP contribution in [0.25, 0.3) is 5.78 Å². The summed E-state index contributed by atoms with van der Waals surface area (Å²) in [6.07, 6.45) is 6.00. The van der Waals surface area contributed by atoms with E-state index >= 15 is 0 Å². The topological polar surface area (TPSA) is 30.2 Å². The molecule has 2 rings (SSSR count). The van der Waals surface area contributed by atoms with Crippen LogP contribution >= 0.6 is 0 Å². The van der Waals surface area contributed by atoms with Crippen molar-refractivity contribution < 1.29 is 0 Å². The Balaban J connectivity index is 2.62. The summed E-state index contributed by atoms with van der Waals surface area (Å²) in [5.74, 6) is 0.774. The van der Waals surface area contributed by atoms with E-state index in [-0.39, 0.29) is 5.41 Å². The molecule has 0 atom stereocenters. The van der Waals surface area contributed by atoms with Crippen molar-refractivity contribution in [1.29, 1.82) is 0 Å². The van der Waals surface area contributed by atoms with E-state index in [2.05, 4.69) is 36.9 Å². The van der Waals surface area contributed by atoms with Crippen LogP contribution in [0.4, 0.5) is 0 Å². The molecule has 0 saturated carbocycles. The Labute approximate surface area is 83.8 Å². The van der Waals surface area contributed by atoms with E-state index in [0.29, 0.717) is 0 Å². The van der Waals surface area contributed by atoms with Crippen LogP contribution in [0, 0.1) is 6.92 Å². The molecule has 0 spiro atoms. The molecule has 0 N–H and O–H groups in total. The molecule has 74 valence electrons. The lowest BCUT2D eigenvalue weighted by atomic mass is 9.89. The van der Waals surface area contributed by atoms with Gasteiger partial charge in [-0.15, -0.1) is 0 Å². The van der Waals surface area contributed by atoms with Gasteiger partial charge in [-0.2, -0.15) is 0 Å². The van der Waals surface area contributed by atoms with Crippen molar-refractivity contribution in [2.75, 3.05) is 0 Å². The summed E-state index contributed by atoms with van der Waals surface area (Å²) in [4.78, 5) is 8.61. The number of aryl methyl sites for hydroxylation is 1. The van der Waals surface area contributed by atoms with Gasteiger partial charge in [0.25, 0.3) is 0 Å². The Morgan fingerprint density at radius 2 is 1.93 bits per heavy atom. The molecular formula is C11H15N3. The third-order valence-corrected chi connectivity index (χ3v) is 2.30. The van der Waals surface area contributed by atoms with Gasteiger partial charge in [-0.1, -0.05) is 20.8 Å². The van der Waals surface area contributed by atoms with Crippen molar-refractivity contribution >= 4 is 5.78 Å². The highest BCUT2D eigenvalue weighted by Gasteiger charge is 2.14. The molecule has 3 heteroatoms. The zero-order chi connectivity index (χ0) is 10.3. The average Bonchev–Trinajstić information content (AvgIpc) is 2.41. The van der Waals surface area contributed by atoms with Crippen LogP contribution in [0.3, 0.4) is 0 Å². The highest BCUT2D eigenvalue weighted by Crippen LogP contribution is 2.21. The molecule has 0 saturated heterocycles. The minimum atomic E-state index is 0.138. The van der Waals surface area contributed by atoms with Crippen LogP contribution in [0.15, 0.2) is 18.6 Å². The van der Waals surface area contributed by atoms with Gasteiger partial charge in [-0.25, -0.2) is 9.97 Å². The Morgan fingerprint density at radius 3 is 2.57 bits per heavy atom. The third-order valence-electron chi connectivity index (χ3n) is 2.30. The number of hydrogen-bond acceptors (Lipinski definition) is 2. The molecule has 2 aromatic heterocycles. The highest BCUT2D eigenvalue weighted by atomic mass is 15.1. The van der Waals surface area contributed by atoms with E-state index in [1.165, 1.54) is 5.56 Å². The monoisotopic (exact) mass is 189 g/mol. The SMILES string of the molecule is Cc1cn2cc(C(C)(C)C)cnc2n1. The third kappa shape index (κ3) is 1.50. The van der Waals surface area contributed by atoms with Gasteiger partial charge >= 0.3 is 0 Å². The summed E-state index contributed by atoms with van der Waals surface area (Å²) in [6, 6.07) is 0. The van der Waals surface area contributed by atoms with E-state index < -0.39 is 0 Å². The summed E-state index contributed by atoms with van der Waals surface area (Å²) in [7, 11) is 0. The minimum absolute atomic E-state index is 0.138. The van der Waals surface area contributed by atoms with Gasteiger partial charge in [0.2, 0.25) is 5.78 Å². The highest BCUT2D eigenvalue weighted by molar-refractivity contribution is 5.33. The van der Waals surface area contributed by atoms with Crippen LogP contribution < -0.4 is 0 Å². The Bertz CT molecular complexity index is 463. The molecule has 3 nitrogen and oxygen atoms in total. The summed E-state index contributed by atoms with van der Waals surface area (Å²) >= 11 is 0. The lowest BCUT2D eigenvalue weighted by Gasteiger charge is -2.17. The van der Waals surface area contributed by atoms with E-state index in [1.54, 1.807) is 0 Å². The molecule has 0 aliphatic rings. The first-order valence-electron chi connectivity index (χ1n) is 4.79. The minimum Gasteiger partial charge on any atom is -0.291 e. The van der Waals surface area contributed by atoms with Gasteiger partial charge in [0.15, 0.2) is 0 Å². The summed E-state index contributed by atoms with van der Waals surface area (Å²) in [5, 5.41) is 0. The molecule has 14 heavy (non-hydrogen) atoms. The van der Waals surface area contributed by atoms with Crippen molar-refractivity contribution in [2.45, 2.75) is 33.1 Å². The van der Waals surface area contributed by atoms with Gasteiger partial charge in [0.1, 0.15) is 0 Å². The Kier molecular flexibility index (Phi) is 1.84. The lowest BCUT2D eigenvalue weighted by molar-refractivity contribution is 0.583. The predicted molar refractivity (Wildman–Crippen MR) is 56.4 cm³/mol. The second-order valence-electron chi connectivity index (χ2n) is 4.68. The summed E-state index contributed by atoms with van der Waals surface area (Å²) in [6.45, 7) is 8.52. The molecule has 0 unspecified atom stereocenters. The zero-order valence-corrected chi connectivity index (χ0v) is 9.07. The van der Waals surface area contributed by atoms with Gasteiger partial charge in [0.05, 0.1) is 5.69 Å². The van der Waals surface area contributed by atoms with Crippen molar-refractivity contribution in [1.82, 2.24) is 14.4 Å². The molecule has 0 aliphatic carbocycles. The molecule has 2 aromatic rings. The zero-order valence-electron chi connectivity index (χ0n) is 9.07. The van der Waals surface area contributed by atoms with E-state index in [4.69, 9.17) is 0 Å². The van der Waals surface area contributed by atoms with Crippen LogP contribution in [-0.2, 0) is 5.41 Å². The van der Waals surface area contributed by atoms with E-state index in [0.717, 1.165) is 11.5 Å². The maximum absolute atomic E-state index is 4.32. The number of hydrogen-bond donors (Lipinski definition) is 0.